The van der Waals surface area contributed by atoms with E-state index in [1.54, 1.807) is 12.1 Å². The lowest BCUT2D eigenvalue weighted by atomic mass is 10.1. The number of nitrogens with two attached hydrogens (primary N) is 1. The number of rotatable bonds is 6. The quantitative estimate of drug-likeness (QED) is 0.625. The number of benzene rings is 1. The smallest absolute Gasteiger partial charge is 0.341 e. The summed E-state index contributed by atoms with van der Waals surface area (Å²) in [4.78, 5) is 24.0. The van der Waals surface area contributed by atoms with Crippen LogP contribution in [0.2, 0.25) is 5.02 Å². The van der Waals surface area contributed by atoms with Gasteiger partial charge in [-0.15, -0.1) is 0 Å². The van der Waals surface area contributed by atoms with Crippen LogP contribution >= 0.6 is 11.6 Å². The Kier molecular flexibility index (Phi) is 6.49. The number of nitrogen functional groups attached to an aromatic ring is 1. The summed E-state index contributed by atoms with van der Waals surface area (Å²) in [5, 5.41) is 3.10. The molecule has 0 aliphatic carbocycles. The molecule has 1 rings (SSSR count). The van der Waals surface area contributed by atoms with Crippen LogP contribution in [0.15, 0.2) is 18.2 Å². The molecule has 0 bridgehead atoms. The first-order chi connectivity index (χ1) is 9.90. The minimum absolute atomic E-state index is 0.0786. The van der Waals surface area contributed by atoms with Gasteiger partial charge in [0.2, 0.25) is 0 Å². The molecule has 0 heterocycles. The summed E-state index contributed by atoms with van der Waals surface area (Å²) in [6, 6.07) is 4.77. The Morgan fingerprint density at radius 1 is 1.33 bits per heavy atom. The van der Waals surface area contributed by atoms with Crippen LogP contribution in [0.4, 0.5) is 5.69 Å². The number of carbonyl (C=O) groups is 2. The summed E-state index contributed by atoms with van der Waals surface area (Å²) in [6.07, 6.45) is 0.755. The Morgan fingerprint density at radius 3 is 2.52 bits per heavy atom. The number of halogens is 1. The normalized spacial score (nSPS) is 12.0. The zero-order valence-corrected chi connectivity index (χ0v) is 13.2. The summed E-state index contributed by atoms with van der Waals surface area (Å²) in [5.41, 5.74) is 6.03. The fourth-order valence-electron chi connectivity index (χ4n) is 1.80. The lowest BCUT2D eigenvalue weighted by Crippen LogP contribution is -2.41. The van der Waals surface area contributed by atoms with Crippen LogP contribution in [0.3, 0.4) is 0 Å². The van der Waals surface area contributed by atoms with Crippen LogP contribution in [-0.2, 0) is 9.53 Å². The Bertz CT molecular complexity index is 516. The molecule has 21 heavy (non-hydrogen) atoms. The number of hydrogen-bond donors (Lipinski definition) is 2. The van der Waals surface area contributed by atoms with E-state index in [2.05, 4.69) is 5.32 Å². The van der Waals surface area contributed by atoms with Crippen LogP contribution in [0.5, 0.6) is 0 Å². The molecule has 0 saturated heterocycles. The molecule has 1 atom stereocenters. The number of amides is 1. The average Bonchev–Trinajstić information content (AvgIpc) is 2.46. The Hall–Kier alpha value is -1.75. The predicted molar refractivity (Wildman–Crippen MR) is 83.3 cm³/mol. The van der Waals surface area contributed by atoms with Crippen molar-refractivity contribution in [2.24, 2.45) is 0 Å². The van der Waals surface area contributed by atoms with Crippen molar-refractivity contribution in [3.05, 3.63) is 28.8 Å². The molecule has 5 nitrogen and oxygen atoms in total. The van der Waals surface area contributed by atoms with Crippen LogP contribution in [0.25, 0.3) is 0 Å². The highest BCUT2D eigenvalue weighted by Crippen LogP contribution is 2.23. The molecular weight excluding hydrogens is 292 g/mol. The highest BCUT2D eigenvalue weighted by Gasteiger charge is 2.22. The zero-order chi connectivity index (χ0) is 16.0. The topological polar surface area (TPSA) is 81.4 Å². The maximum atomic E-state index is 12.0. The van der Waals surface area contributed by atoms with E-state index in [4.69, 9.17) is 22.1 Å². The minimum atomic E-state index is -0.892. The molecule has 0 aromatic heterocycles. The van der Waals surface area contributed by atoms with Crippen LogP contribution in [0, 0.1) is 0 Å². The second-order valence-electron chi connectivity index (χ2n) is 4.77. The van der Waals surface area contributed by atoms with Crippen LogP contribution < -0.4 is 11.1 Å². The summed E-state index contributed by atoms with van der Waals surface area (Å²) >= 11 is 5.85. The van der Waals surface area contributed by atoms with E-state index in [1.165, 1.54) is 13.0 Å². The zero-order valence-electron chi connectivity index (χ0n) is 12.5. The number of esters is 1. The molecule has 0 aliphatic heterocycles. The largest absolute Gasteiger partial charge is 0.449 e. The summed E-state index contributed by atoms with van der Waals surface area (Å²) in [5.74, 6) is -0.986. The summed E-state index contributed by atoms with van der Waals surface area (Å²) in [7, 11) is 0. The number of anilines is 1. The second kappa shape index (κ2) is 7.88. The van der Waals surface area contributed by atoms with Gasteiger partial charge in [-0.1, -0.05) is 31.5 Å². The van der Waals surface area contributed by atoms with Crippen molar-refractivity contribution in [3.8, 4) is 0 Å². The van der Waals surface area contributed by atoms with Crippen molar-refractivity contribution < 1.29 is 14.3 Å². The van der Waals surface area contributed by atoms with E-state index in [0.717, 1.165) is 12.8 Å². The fourth-order valence-corrected chi connectivity index (χ4v) is 1.98. The van der Waals surface area contributed by atoms with Gasteiger partial charge < -0.3 is 15.8 Å². The maximum absolute atomic E-state index is 12.0. The Balaban J connectivity index is 2.69. The third-order valence-corrected chi connectivity index (χ3v) is 3.59. The molecule has 0 fully saturated rings. The van der Waals surface area contributed by atoms with Gasteiger partial charge in [-0.3, -0.25) is 4.79 Å². The van der Waals surface area contributed by atoms with Gasteiger partial charge in [-0.2, -0.15) is 0 Å². The molecule has 0 saturated carbocycles. The minimum Gasteiger partial charge on any atom is -0.449 e. The molecule has 1 aromatic rings. The van der Waals surface area contributed by atoms with Gasteiger partial charge in [0.1, 0.15) is 0 Å². The molecule has 116 valence electrons. The lowest BCUT2D eigenvalue weighted by Gasteiger charge is -2.19. The van der Waals surface area contributed by atoms with Gasteiger partial charge in [-0.05, 0) is 31.9 Å². The first kappa shape index (κ1) is 17.3. The Labute approximate surface area is 129 Å². The highest BCUT2D eigenvalue weighted by molar-refractivity contribution is 6.33. The maximum Gasteiger partial charge on any atom is 0.341 e. The van der Waals surface area contributed by atoms with E-state index < -0.39 is 12.1 Å². The lowest BCUT2D eigenvalue weighted by molar-refractivity contribution is -0.129. The molecule has 0 aliphatic rings. The van der Waals surface area contributed by atoms with E-state index in [-0.39, 0.29) is 28.2 Å². The number of para-hydroxylation sites is 1. The standard InChI is InChI=1S/C15H21ClN2O3/c1-4-10(5-2)18-14(19)9(3)21-15(20)11-7-6-8-12(16)13(11)17/h6-10H,4-5,17H2,1-3H3,(H,18,19). The van der Waals surface area contributed by atoms with E-state index in [9.17, 15) is 9.59 Å². The number of ether oxygens (including phenoxy) is 1. The van der Waals surface area contributed by atoms with E-state index in [0.29, 0.717) is 0 Å². The van der Waals surface area contributed by atoms with Gasteiger partial charge in [0.15, 0.2) is 6.10 Å². The van der Waals surface area contributed by atoms with Crippen molar-refractivity contribution in [1.82, 2.24) is 5.32 Å². The molecule has 1 amide bonds. The van der Waals surface area contributed by atoms with Crippen molar-refractivity contribution >= 4 is 29.2 Å². The van der Waals surface area contributed by atoms with Crippen LogP contribution in [-0.4, -0.2) is 24.0 Å². The SMILES string of the molecule is CCC(CC)NC(=O)C(C)OC(=O)c1cccc(Cl)c1N. The first-order valence-corrected chi connectivity index (χ1v) is 7.33. The van der Waals surface area contributed by atoms with Crippen molar-refractivity contribution in [3.63, 3.8) is 0 Å². The number of nitrogens with one attached hydrogen (secondary N) is 1. The number of hydrogen-bond acceptors (Lipinski definition) is 4. The monoisotopic (exact) mass is 312 g/mol. The van der Waals surface area contributed by atoms with Crippen molar-refractivity contribution in [2.45, 2.75) is 45.8 Å². The molecule has 6 heteroatoms. The van der Waals surface area contributed by atoms with Crippen LogP contribution in [0.1, 0.15) is 44.0 Å². The number of carbonyl (C=O) groups excluding carboxylic acids is 2. The molecule has 0 radical (unpaired) electrons. The van der Waals surface area contributed by atoms with Gasteiger partial charge in [0.25, 0.3) is 5.91 Å². The van der Waals surface area contributed by atoms with Gasteiger partial charge in [0, 0.05) is 6.04 Å². The highest BCUT2D eigenvalue weighted by atomic mass is 35.5. The third kappa shape index (κ3) is 4.63. The van der Waals surface area contributed by atoms with Gasteiger partial charge in [-0.25, -0.2) is 4.79 Å². The molecule has 1 aromatic carbocycles. The summed E-state index contributed by atoms with van der Waals surface area (Å²) < 4.78 is 5.13. The average molecular weight is 313 g/mol. The molecular formula is C15H21ClN2O3. The Morgan fingerprint density at radius 2 is 1.95 bits per heavy atom. The molecule has 0 spiro atoms. The fraction of sp³-hybridized carbons (Fsp3) is 0.467. The van der Waals surface area contributed by atoms with Gasteiger partial charge >= 0.3 is 5.97 Å². The predicted octanol–water partition coefficient (Wildman–Crippen LogP) is 2.77. The van der Waals surface area contributed by atoms with Crippen molar-refractivity contribution in [2.75, 3.05) is 5.73 Å². The second-order valence-corrected chi connectivity index (χ2v) is 5.18. The van der Waals surface area contributed by atoms with Crippen molar-refractivity contribution in [1.29, 1.82) is 0 Å². The third-order valence-electron chi connectivity index (χ3n) is 3.26. The first-order valence-electron chi connectivity index (χ1n) is 6.96. The molecule has 3 N–H and O–H groups in total. The van der Waals surface area contributed by atoms with Gasteiger partial charge in [0.05, 0.1) is 16.3 Å². The van der Waals surface area contributed by atoms with E-state index >= 15 is 0 Å². The summed E-state index contributed by atoms with van der Waals surface area (Å²) in [6.45, 7) is 5.49. The van der Waals surface area contributed by atoms with E-state index in [1.807, 2.05) is 13.8 Å². The molecule has 1 unspecified atom stereocenters.